The summed E-state index contributed by atoms with van der Waals surface area (Å²) in [5, 5.41) is 1.93. The van der Waals surface area contributed by atoms with E-state index in [1.807, 2.05) is 5.41 Å². The van der Waals surface area contributed by atoms with Crippen LogP contribution in [-0.4, -0.2) is 31.4 Å². The molecule has 2 atom stereocenters. The van der Waals surface area contributed by atoms with Crippen molar-refractivity contribution in [2.45, 2.75) is 11.5 Å². The molecule has 2 heterocycles. The molecule has 3 nitrogen and oxygen atoms in total. The predicted octanol–water partition coefficient (Wildman–Crippen LogP) is 0.962. The van der Waals surface area contributed by atoms with Gasteiger partial charge in [-0.25, -0.2) is 0 Å². The quantitative estimate of drug-likeness (QED) is 0.592. The molecule has 0 aromatic rings. The zero-order chi connectivity index (χ0) is 7.52. The van der Waals surface area contributed by atoms with Gasteiger partial charge in [0.2, 0.25) is 0 Å². The Morgan fingerprint density at radius 2 is 2.36 bits per heavy atom. The molecule has 0 spiro atoms. The predicted molar refractivity (Wildman–Crippen MR) is 42.2 cm³/mol. The van der Waals surface area contributed by atoms with Crippen LogP contribution in [-0.2, 0) is 14.2 Å². The minimum Gasteiger partial charge on any atom is -0.484 e. The smallest absolute Gasteiger partial charge is 0.175 e. The number of rotatable bonds is 1. The van der Waals surface area contributed by atoms with Gasteiger partial charge in [-0.1, -0.05) is 11.8 Å². The minimum atomic E-state index is 0.101. The Bertz CT molecular complexity index is 146. The number of ether oxygens (including phenoxy) is 3. The molecule has 0 radical (unpaired) electrons. The summed E-state index contributed by atoms with van der Waals surface area (Å²) in [5.41, 5.74) is 0.107. The third-order valence-corrected chi connectivity index (χ3v) is 2.58. The standard InChI is InChI=1S/C7H10O3S/c1-2-9-6(5-8-1)7-10-3-4-11-7/h3-4,6-7H,1-2,5H2. The number of thioether (sulfide) groups is 1. The van der Waals surface area contributed by atoms with Crippen LogP contribution in [0.5, 0.6) is 0 Å². The third-order valence-electron chi connectivity index (χ3n) is 1.63. The maximum atomic E-state index is 5.45. The summed E-state index contributed by atoms with van der Waals surface area (Å²) >= 11 is 1.64. The normalized spacial score (nSPS) is 37.1. The summed E-state index contributed by atoms with van der Waals surface area (Å²) in [6.07, 6.45) is 1.80. The van der Waals surface area contributed by atoms with E-state index in [1.54, 1.807) is 18.0 Å². The van der Waals surface area contributed by atoms with Gasteiger partial charge in [0.1, 0.15) is 6.10 Å². The second kappa shape index (κ2) is 3.47. The zero-order valence-electron chi connectivity index (χ0n) is 6.06. The SMILES string of the molecule is C1=CSC(C2COCCO2)O1. The highest BCUT2D eigenvalue weighted by molar-refractivity contribution is 8.02. The molecule has 0 aromatic heterocycles. The molecule has 2 aliphatic heterocycles. The van der Waals surface area contributed by atoms with Gasteiger partial charge < -0.3 is 14.2 Å². The molecule has 0 amide bonds. The average molecular weight is 174 g/mol. The topological polar surface area (TPSA) is 27.7 Å². The summed E-state index contributed by atoms with van der Waals surface area (Å²) in [6.45, 7) is 2.05. The first kappa shape index (κ1) is 7.46. The van der Waals surface area contributed by atoms with E-state index < -0.39 is 0 Å². The molecule has 2 aliphatic rings. The van der Waals surface area contributed by atoms with Gasteiger partial charge in [0, 0.05) is 5.41 Å². The Balaban J connectivity index is 1.83. The highest BCUT2D eigenvalue weighted by Gasteiger charge is 2.27. The lowest BCUT2D eigenvalue weighted by Gasteiger charge is -2.26. The van der Waals surface area contributed by atoms with Gasteiger partial charge in [-0.05, 0) is 0 Å². The van der Waals surface area contributed by atoms with Crippen LogP contribution in [0.2, 0.25) is 0 Å². The number of hydrogen-bond acceptors (Lipinski definition) is 4. The number of hydrogen-bond donors (Lipinski definition) is 0. The molecule has 2 rings (SSSR count). The highest BCUT2D eigenvalue weighted by atomic mass is 32.2. The fourth-order valence-corrected chi connectivity index (χ4v) is 1.83. The van der Waals surface area contributed by atoms with Gasteiger partial charge in [-0.15, -0.1) is 0 Å². The monoisotopic (exact) mass is 174 g/mol. The van der Waals surface area contributed by atoms with Crippen LogP contribution in [0.15, 0.2) is 11.7 Å². The Kier molecular flexibility index (Phi) is 2.35. The maximum absolute atomic E-state index is 5.45. The largest absolute Gasteiger partial charge is 0.484 e. The van der Waals surface area contributed by atoms with E-state index in [1.165, 1.54) is 0 Å². The van der Waals surface area contributed by atoms with Crippen molar-refractivity contribution < 1.29 is 14.2 Å². The van der Waals surface area contributed by atoms with E-state index in [9.17, 15) is 0 Å². The van der Waals surface area contributed by atoms with Crippen molar-refractivity contribution in [2.24, 2.45) is 0 Å². The molecule has 2 unspecified atom stereocenters. The maximum Gasteiger partial charge on any atom is 0.175 e. The van der Waals surface area contributed by atoms with Gasteiger partial charge in [0.15, 0.2) is 5.44 Å². The molecular formula is C7H10O3S. The fourth-order valence-electron chi connectivity index (χ4n) is 1.09. The molecule has 0 aliphatic carbocycles. The summed E-state index contributed by atoms with van der Waals surface area (Å²) in [5.74, 6) is 0. The Morgan fingerprint density at radius 3 is 3.00 bits per heavy atom. The van der Waals surface area contributed by atoms with E-state index >= 15 is 0 Å². The van der Waals surface area contributed by atoms with Crippen LogP contribution in [0, 0.1) is 0 Å². The summed E-state index contributed by atoms with van der Waals surface area (Å²) in [7, 11) is 0. The van der Waals surface area contributed by atoms with E-state index in [0.29, 0.717) is 19.8 Å². The van der Waals surface area contributed by atoms with Crippen LogP contribution < -0.4 is 0 Å². The van der Waals surface area contributed by atoms with E-state index in [0.717, 1.165) is 0 Å². The van der Waals surface area contributed by atoms with Crippen LogP contribution in [0.25, 0.3) is 0 Å². The molecule has 0 bridgehead atoms. The average Bonchev–Trinajstić information content (AvgIpc) is 2.58. The molecule has 4 heteroatoms. The lowest BCUT2D eigenvalue weighted by Crippen LogP contribution is -2.36. The Labute approximate surface area is 69.7 Å². The van der Waals surface area contributed by atoms with E-state index in [2.05, 4.69) is 0 Å². The molecule has 1 fully saturated rings. The third kappa shape index (κ3) is 1.69. The molecule has 0 saturated carbocycles. The van der Waals surface area contributed by atoms with E-state index in [4.69, 9.17) is 14.2 Å². The summed E-state index contributed by atoms with van der Waals surface area (Å²) < 4.78 is 16.0. The molecule has 11 heavy (non-hydrogen) atoms. The van der Waals surface area contributed by atoms with Crippen LogP contribution in [0.1, 0.15) is 0 Å². The first-order valence-electron chi connectivity index (χ1n) is 3.62. The molecule has 0 N–H and O–H groups in total. The van der Waals surface area contributed by atoms with Crippen molar-refractivity contribution in [3.8, 4) is 0 Å². The first-order chi connectivity index (χ1) is 5.47. The van der Waals surface area contributed by atoms with Gasteiger partial charge in [0.25, 0.3) is 0 Å². The van der Waals surface area contributed by atoms with Crippen molar-refractivity contribution in [1.29, 1.82) is 0 Å². The molecule has 62 valence electrons. The van der Waals surface area contributed by atoms with Crippen LogP contribution in [0.3, 0.4) is 0 Å². The van der Waals surface area contributed by atoms with Crippen LogP contribution in [0.4, 0.5) is 0 Å². The fraction of sp³-hybridized carbons (Fsp3) is 0.714. The van der Waals surface area contributed by atoms with Crippen LogP contribution >= 0.6 is 11.8 Å². The van der Waals surface area contributed by atoms with Crippen molar-refractivity contribution >= 4 is 11.8 Å². The zero-order valence-corrected chi connectivity index (χ0v) is 6.88. The highest BCUT2D eigenvalue weighted by Crippen LogP contribution is 2.26. The Hall–Kier alpha value is -0.190. The van der Waals surface area contributed by atoms with Gasteiger partial charge >= 0.3 is 0 Å². The second-order valence-corrected chi connectivity index (χ2v) is 3.41. The minimum absolute atomic E-state index is 0.101. The first-order valence-corrected chi connectivity index (χ1v) is 4.56. The second-order valence-electron chi connectivity index (χ2n) is 2.40. The van der Waals surface area contributed by atoms with Gasteiger partial charge in [-0.2, -0.15) is 0 Å². The summed E-state index contributed by atoms with van der Waals surface area (Å²) in [6, 6.07) is 0. The summed E-state index contributed by atoms with van der Waals surface area (Å²) in [4.78, 5) is 0. The lowest BCUT2D eigenvalue weighted by atomic mass is 10.4. The molecular weight excluding hydrogens is 164 g/mol. The Morgan fingerprint density at radius 1 is 1.36 bits per heavy atom. The molecule has 1 saturated heterocycles. The van der Waals surface area contributed by atoms with Gasteiger partial charge in [0.05, 0.1) is 26.1 Å². The van der Waals surface area contributed by atoms with Crippen molar-refractivity contribution in [3.05, 3.63) is 11.7 Å². The van der Waals surface area contributed by atoms with Gasteiger partial charge in [-0.3, -0.25) is 0 Å². The van der Waals surface area contributed by atoms with Crippen molar-refractivity contribution in [1.82, 2.24) is 0 Å². The van der Waals surface area contributed by atoms with E-state index in [-0.39, 0.29) is 11.5 Å². The lowest BCUT2D eigenvalue weighted by molar-refractivity contribution is -0.113. The van der Waals surface area contributed by atoms with Crippen molar-refractivity contribution in [3.63, 3.8) is 0 Å². The molecule has 0 aromatic carbocycles. The van der Waals surface area contributed by atoms with Crippen molar-refractivity contribution in [2.75, 3.05) is 19.8 Å².